The van der Waals surface area contributed by atoms with Crippen LogP contribution in [0, 0.1) is 13.8 Å². The van der Waals surface area contributed by atoms with Crippen molar-refractivity contribution < 1.29 is 14.3 Å². The standard InChI is InChI=1S/C13H17N5O3S/c1-6-9(12(20)21-5)7(2)14-10(6)11(19)8(3)22-13-15-16-17-18(13)4/h8,14H,1-5H3/t8-/m0/s1. The number of aromatic amines is 1. The first-order chi connectivity index (χ1) is 10.4. The zero-order chi connectivity index (χ0) is 16.4. The van der Waals surface area contributed by atoms with Crippen molar-refractivity contribution in [2.45, 2.75) is 31.2 Å². The molecule has 0 aliphatic rings. The molecule has 2 aromatic rings. The van der Waals surface area contributed by atoms with E-state index in [0.29, 0.717) is 27.7 Å². The molecule has 9 heteroatoms. The molecule has 0 unspecified atom stereocenters. The Bertz CT molecular complexity index is 721. The van der Waals surface area contributed by atoms with Crippen LogP contribution < -0.4 is 0 Å². The van der Waals surface area contributed by atoms with E-state index < -0.39 is 11.2 Å². The van der Waals surface area contributed by atoms with Gasteiger partial charge in [-0.1, -0.05) is 11.8 Å². The fourth-order valence-corrected chi connectivity index (χ4v) is 2.95. The number of thioether (sulfide) groups is 1. The lowest BCUT2D eigenvalue weighted by atomic mass is 10.1. The van der Waals surface area contributed by atoms with Gasteiger partial charge in [0.1, 0.15) is 0 Å². The molecule has 1 N–H and O–H groups in total. The van der Waals surface area contributed by atoms with Crippen molar-refractivity contribution in [1.82, 2.24) is 25.2 Å². The number of H-pyrrole nitrogens is 1. The lowest BCUT2D eigenvalue weighted by Gasteiger charge is -2.08. The summed E-state index contributed by atoms with van der Waals surface area (Å²) in [5.41, 5.74) is 2.03. The Labute approximate surface area is 131 Å². The highest BCUT2D eigenvalue weighted by Crippen LogP contribution is 2.26. The maximum Gasteiger partial charge on any atom is 0.339 e. The number of nitrogens with one attached hydrogen (secondary N) is 1. The quantitative estimate of drug-likeness (QED) is 0.502. The monoisotopic (exact) mass is 323 g/mol. The van der Waals surface area contributed by atoms with E-state index in [9.17, 15) is 9.59 Å². The number of hydrogen-bond acceptors (Lipinski definition) is 7. The van der Waals surface area contributed by atoms with Crippen molar-refractivity contribution >= 4 is 23.5 Å². The molecule has 0 saturated carbocycles. The second-order valence-electron chi connectivity index (χ2n) is 4.83. The minimum atomic E-state index is -0.455. The van der Waals surface area contributed by atoms with Crippen LogP contribution in [0.25, 0.3) is 0 Å². The largest absolute Gasteiger partial charge is 0.465 e. The van der Waals surface area contributed by atoms with Crippen LogP contribution >= 0.6 is 11.8 Å². The lowest BCUT2D eigenvalue weighted by molar-refractivity contribution is 0.0599. The molecule has 0 bridgehead atoms. The van der Waals surface area contributed by atoms with Crippen LogP contribution in [-0.2, 0) is 11.8 Å². The number of ketones is 1. The summed E-state index contributed by atoms with van der Waals surface area (Å²) >= 11 is 1.26. The van der Waals surface area contributed by atoms with E-state index in [2.05, 4.69) is 20.5 Å². The van der Waals surface area contributed by atoms with Gasteiger partial charge in [0.2, 0.25) is 5.16 Å². The minimum absolute atomic E-state index is 0.122. The molecular weight excluding hydrogens is 306 g/mol. The third kappa shape index (κ3) is 2.89. The van der Waals surface area contributed by atoms with Gasteiger partial charge >= 0.3 is 5.97 Å². The number of rotatable bonds is 5. The third-order valence-electron chi connectivity index (χ3n) is 3.31. The Morgan fingerprint density at radius 1 is 1.36 bits per heavy atom. The van der Waals surface area contributed by atoms with Crippen LogP contribution in [0.4, 0.5) is 0 Å². The number of Topliss-reactive ketones (excluding diaryl/α,β-unsaturated/α-hetero) is 1. The summed E-state index contributed by atoms with van der Waals surface area (Å²) in [7, 11) is 3.02. The number of hydrogen-bond donors (Lipinski definition) is 1. The Kier molecular flexibility index (Phi) is 4.65. The number of esters is 1. The number of nitrogens with zero attached hydrogens (tertiary/aromatic N) is 4. The first-order valence-corrected chi connectivity index (χ1v) is 7.45. The van der Waals surface area contributed by atoms with Gasteiger partial charge in [-0.05, 0) is 36.8 Å². The molecule has 0 aliphatic carbocycles. The van der Waals surface area contributed by atoms with Crippen LogP contribution in [0.3, 0.4) is 0 Å². The fraction of sp³-hybridized carbons (Fsp3) is 0.462. The zero-order valence-electron chi connectivity index (χ0n) is 13.0. The number of aryl methyl sites for hydroxylation is 2. The summed E-state index contributed by atoms with van der Waals surface area (Å²) in [6.45, 7) is 5.24. The molecule has 0 radical (unpaired) electrons. The highest BCUT2D eigenvalue weighted by Gasteiger charge is 2.26. The van der Waals surface area contributed by atoms with Gasteiger partial charge < -0.3 is 9.72 Å². The molecule has 0 aromatic carbocycles. The number of methoxy groups -OCH3 is 1. The first kappa shape index (κ1) is 16.2. The van der Waals surface area contributed by atoms with E-state index >= 15 is 0 Å². The summed E-state index contributed by atoms with van der Waals surface area (Å²) in [6, 6.07) is 0. The van der Waals surface area contributed by atoms with Gasteiger partial charge in [-0.3, -0.25) is 4.79 Å². The highest BCUT2D eigenvalue weighted by molar-refractivity contribution is 8.00. The molecule has 2 aromatic heterocycles. The number of tetrazole rings is 1. The van der Waals surface area contributed by atoms with E-state index in [-0.39, 0.29) is 5.78 Å². The molecule has 8 nitrogen and oxygen atoms in total. The number of ether oxygens (including phenoxy) is 1. The van der Waals surface area contributed by atoms with Crippen LogP contribution in [-0.4, -0.2) is 49.3 Å². The molecule has 118 valence electrons. The topological polar surface area (TPSA) is 103 Å². The normalized spacial score (nSPS) is 12.2. The number of aromatic nitrogens is 5. The van der Waals surface area contributed by atoms with E-state index in [1.807, 2.05) is 0 Å². The predicted molar refractivity (Wildman–Crippen MR) is 80.1 cm³/mol. The van der Waals surface area contributed by atoms with Gasteiger partial charge in [-0.2, -0.15) is 0 Å². The summed E-state index contributed by atoms with van der Waals surface area (Å²) in [5.74, 6) is -0.577. The van der Waals surface area contributed by atoms with Crippen LogP contribution in [0.15, 0.2) is 5.16 Å². The van der Waals surface area contributed by atoms with Crippen molar-refractivity contribution in [2.24, 2.45) is 7.05 Å². The average molecular weight is 323 g/mol. The molecule has 0 amide bonds. The molecular formula is C13H17N5O3S. The molecule has 2 rings (SSSR count). The van der Waals surface area contributed by atoms with Crippen molar-refractivity contribution in [3.05, 3.63) is 22.5 Å². The lowest BCUT2D eigenvalue weighted by Crippen LogP contribution is -2.16. The summed E-state index contributed by atoms with van der Waals surface area (Å²) in [5, 5.41) is 11.3. The van der Waals surface area contributed by atoms with E-state index in [1.165, 1.54) is 23.6 Å². The smallest absolute Gasteiger partial charge is 0.339 e. The summed E-state index contributed by atoms with van der Waals surface area (Å²) in [6.07, 6.45) is 0. The van der Waals surface area contributed by atoms with Gasteiger partial charge in [0.15, 0.2) is 5.78 Å². The second kappa shape index (κ2) is 6.30. The third-order valence-corrected chi connectivity index (χ3v) is 4.43. The van der Waals surface area contributed by atoms with Crippen LogP contribution in [0.2, 0.25) is 0 Å². The van der Waals surface area contributed by atoms with Crippen molar-refractivity contribution in [3.8, 4) is 0 Å². The van der Waals surface area contributed by atoms with E-state index in [0.717, 1.165) is 0 Å². The van der Waals surface area contributed by atoms with Crippen molar-refractivity contribution in [2.75, 3.05) is 7.11 Å². The maximum absolute atomic E-state index is 12.6. The summed E-state index contributed by atoms with van der Waals surface area (Å²) in [4.78, 5) is 27.4. The summed E-state index contributed by atoms with van der Waals surface area (Å²) < 4.78 is 6.25. The maximum atomic E-state index is 12.6. The van der Waals surface area contributed by atoms with Gasteiger partial charge in [-0.15, -0.1) is 5.10 Å². The predicted octanol–water partition coefficient (Wildman–Crippen LogP) is 1.31. The van der Waals surface area contributed by atoms with Crippen molar-refractivity contribution in [3.63, 3.8) is 0 Å². The first-order valence-electron chi connectivity index (χ1n) is 6.57. The fourth-order valence-electron chi connectivity index (χ4n) is 2.14. The molecule has 2 heterocycles. The van der Waals surface area contributed by atoms with E-state index in [4.69, 9.17) is 4.74 Å². The van der Waals surface area contributed by atoms with Crippen molar-refractivity contribution in [1.29, 1.82) is 0 Å². The molecule has 0 aliphatic heterocycles. The average Bonchev–Trinajstić information content (AvgIpc) is 3.01. The zero-order valence-corrected chi connectivity index (χ0v) is 13.8. The molecule has 0 saturated heterocycles. The molecule has 0 fully saturated rings. The van der Waals surface area contributed by atoms with Gasteiger partial charge in [-0.25, -0.2) is 9.48 Å². The Hall–Kier alpha value is -2.16. The Balaban J connectivity index is 2.26. The Morgan fingerprint density at radius 3 is 2.59 bits per heavy atom. The van der Waals surface area contributed by atoms with E-state index in [1.54, 1.807) is 27.8 Å². The highest BCUT2D eigenvalue weighted by atomic mass is 32.2. The molecule has 1 atom stereocenters. The minimum Gasteiger partial charge on any atom is -0.465 e. The van der Waals surface area contributed by atoms with Gasteiger partial charge in [0, 0.05) is 12.7 Å². The van der Waals surface area contributed by atoms with Gasteiger partial charge in [0.25, 0.3) is 0 Å². The number of carbonyl (C=O) groups is 2. The number of carbonyl (C=O) groups excluding carboxylic acids is 2. The van der Waals surface area contributed by atoms with Crippen LogP contribution in [0.1, 0.15) is 39.0 Å². The SMILES string of the molecule is COC(=O)c1c(C)[nH]c(C(=O)[C@H](C)Sc2nnnn2C)c1C. The van der Waals surface area contributed by atoms with Gasteiger partial charge in [0.05, 0.1) is 23.6 Å². The van der Waals surface area contributed by atoms with Crippen LogP contribution in [0.5, 0.6) is 0 Å². The molecule has 22 heavy (non-hydrogen) atoms. The second-order valence-corrected chi connectivity index (χ2v) is 6.13. The molecule has 0 spiro atoms. The Morgan fingerprint density at radius 2 is 2.05 bits per heavy atom.